The molecular formula is C22H34ClN3O3. The van der Waals surface area contributed by atoms with Gasteiger partial charge in [-0.1, -0.05) is 36.8 Å². The van der Waals surface area contributed by atoms with E-state index in [0.717, 1.165) is 45.3 Å². The zero-order valence-electron chi connectivity index (χ0n) is 17.5. The summed E-state index contributed by atoms with van der Waals surface area (Å²) < 4.78 is 0. The predicted molar refractivity (Wildman–Crippen MR) is 116 cm³/mol. The Labute approximate surface area is 180 Å². The van der Waals surface area contributed by atoms with Crippen molar-refractivity contribution in [2.45, 2.75) is 58.2 Å². The van der Waals surface area contributed by atoms with E-state index in [1.54, 1.807) is 0 Å². The van der Waals surface area contributed by atoms with Crippen molar-refractivity contribution in [3.05, 3.63) is 35.4 Å². The van der Waals surface area contributed by atoms with Crippen molar-refractivity contribution < 1.29 is 14.7 Å². The average Bonchev–Trinajstić information content (AvgIpc) is 3.51. The van der Waals surface area contributed by atoms with Crippen LogP contribution in [0.4, 0.5) is 0 Å². The number of aryl methyl sites for hydroxylation is 1. The van der Waals surface area contributed by atoms with Crippen LogP contribution in [-0.2, 0) is 16.1 Å². The fraction of sp³-hybridized carbons (Fsp3) is 0.636. The molecule has 3 rings (SSSR count). The van der Waals surface area contributed by atoms with Crippen LogP contribution >= 0.6 is 12.4 Å². The van der Waals surface area contributed by atoms with Crippen molar-refractivity contribution >= 4 is 24.3 Å². The molecule has 0 spiro atoms. The number of hydrogen-bond donors (Lipinski definition) is 1. The third kappa shape index (κ3) is 6.98. The Hall–Kier alpha value is -1.63. The van der Waals surface area contributed by atoms with E-state index in [2.05, 4.69) is 41.0 Å². The van der Waals surface area contributed by atoms with Gasteiger partial charge < -0.3 is 10.0 Å². The van der Waals surface area contributed by atoms with Crippen molar-refractivity contribution in [1.82, 2.24) is 14.7 Å². The number of likely N-dealkylation sites (tertiary alicyclic amines) is 1. The van der Waals surface area contributed by atoms with Crippen LogP contribution in [0.5, 0.6) is 0 Å². The molecule has 1 amide bonds. The molecule has 0 radical (unpaired) electrons. The van der Waals surface area contributed by atoms with Gasteiger partial charge in [-0.05, 0) is 44.7 Å². The van der Waals surface area contributed by atoms with Gasteiger partial charge in [0.1, 0.15) is 0 Å². The third-order valence-electron chi connectivity index (χ3n) is 5.96. The normalized spacial score (nSPS) is 17.8. The number of likely N-dealkylation sites (N-methyl/N-ethyl adjacent to an activating group) is 1. The lowest BCUT2D eigenvalue weighted by molar-refractivity contribution is -0.139. The maximum atomic E-state index is 13.0. The molecule has 162 valence electrons. The molecule has 1 heterocycles. The van der Waals surface area contributed by atoms with E-state index < -0.39 is 5.97 Å². The molecule has 7 heteroatoms. The van der Waals surface area contributed by atoms with Crippen molar-refractivity contribution in [3.63, 3.8) is 0 Å². The first kappa shape index (κ1) is 23.6. The lowest BCUT2D eigenvalue weighted by atomic mass is 10.0. The summed E-state index contributed by atoms with van der Waals surface area (Å²) in [5.74, 6) is -0.546. The zero-order chi connectivity index (χ0) is 20.1. The SMILES string of the molecule is CCN(CC(=O)O)C1CCN(CC(=O)N(Cc2ccc(C)cc2)C2CC2)CC1.Cl. The lowest BCUT2D eigenvalue weighted by Crippen LogP contribution is -2.49. The second kappa shape index (κ2) is 11.0. The van der Waals surface area contributed by atoms with Crippen molar-refractivity contribution in [2.24, 2.45) is 0 Å². The molecule has 1 N–H and O–H groups in total. The van der Waals surface area contributed by atoms with E-state index in [-0.39, 0.29) is 24.9 Å². The largest absolute Gasteiger partial charge is 0.480 e. The molecule has 2 aliphatic rings. The highest BCUT2D eigenvalue weighted by Gasteiger charge is 2.34. The number of halogens is 1. The summed E-state index contributed by atoms with van der Waals surface area (Å²) in [7, 11) is 0. The molecule has 0 unspecified atom stereocenters. The van der Waals surface area contributed by atoms with E-state index >= 15 is 0 Å². The minimum absolute atomic E-state index is 0. The number of piperidine rings is 1. The first-order valence-corrected chi connectivity index (χ1v) is 10.5. The smallest absolute Gasteiger partial charge is 0.317 e. The first-order chi connectivity index (χ1) is 13.5. The van der Waals surface area contributed by atoms with Gasteiger partial charge >= 0.3 is 5.97 Å². The molecular weight excluding hydrogens is 390 g/mol. The molecule has 1 aliphatic heterocycles. The van der Waals surface area contributed by atoms with Gasteiger partial charge in [-0.25, -0.2) is 0 Å². The molecule has 6 nitrogen and oxygen atoms in total. The van der Waals surface area contributed by atoms with E-state index in [0.29, 0.717) is 25.2 Å². The number of nitrogens with zero attached hydrogens (tertiary/aromatic N) is 3. The summed E-state index contributed by atoms with van der Waals surface area (Å²) in [6.45, 7) is 7.83. The third-order valence-corrected chi connectivity index (χ3v) is 5.96. The van der Waals surface area contributed by atoms with Gasteiger partial charge in [0, 0.05) is 31.7 Å². The number of carboxylic acids is 1. The number of aliphatic carboxylic acids is 1. The number of benzene rings is 1. The van der Waals surface area contributed by atoms with Crippen LogP contribution in [0.2, 0.25) is 0 Å². The Morgan fingerprint density at radius 2 is 1.69 bits per heavy atom. The van der Waals surface area contributed by atoms with Crippen molar-refractivity contribution in [2.75, 3.05) is 32.7 Å². The van der Waals surface area contributed by atoms with E-state index in [9.17, 15) is 9.59 Å². The average molecular weight is 424 g/mol. The van der Waals surface area contributed by atoms with Gasteiger partial charge in [-0.2, -0.15) is 0 Å². The molecule has 0 atom stereocenters. The fourth-order valence-corrected chi connectivity index (χ4v) is 4.09. The van der Waals surface area contributed by atoms with Crippen LogP contribution in [0.15, 0.2) is 24.3 Å². The van der Waals surface area contributed by atoms with Gasteiger partial charge in [-0.3, -0.25) is 19.4 Å². The molecule has 0 bridgehead atoms. The highest BCUT2D eigenvalue weighted by molar-refractivity contribution is 5.85. The van der Waals surface area contributed by atoms with Crippen LogP contribution in [0, 0.1) is 6.92 Å². The predicted octanol–water partition coefficient (Wildman–Crippen LogP) is 2.78. The second-order valence-corrected chi connectivity index (χ2v) is 8.20. The summed E-state index contributed by atoms with van der Waals surface area (Å²) in [4.78, 5) is 30.3. The Morgan fingerprint density at radius 1 is 1.07 bits per heavy atom. The summed E-state index contributed by atoms with van der Waals surface area (Å²) in [5.41, 5.74) is 2.43. The number of carboxylic acid groups (broad SMARTS) is 1. The number of carbonyl (C=O) groups is 2. The zero-order valence-corrected chi connectivity index (χ0v) is 18.4. The van der Waals surface area contributed by atoms with Gasteiger partial charge in [-0.15, -0.1) is 12.4 Å². The minimum Gasteiger partial charge on any atom is -0.480 e. The van der Waals surface area contributed by atoms with Gasteiger partial charge in [0.2, 0.25) is 5.91 Å². The number of amides is 1. The maximum absolute atomic E-state index is 13.0. The van der Waals surface area contributed by atoms with Crippen LogP contribution in [0.3, 0.4) is 0 Å². The van der Waals surface area contributed by atoms with E-state index in [4.69, 9.17) is 5.11 Å². The summed E-state index contributed by atoms with van der Waals surface area (Å²) >= 11 is 0. The Bertz CT molecular complexity index is 670. The number of rotatable bonds is 9. The first-order valence-electron chi connectivity index (χ1n) is 10.5. The number of hydrogen-bond acceptors (Lipinski definition) is 4. The molecule has 1 aromatic carbocycles. The van der Waals surface area contributed by atoms with Gasteiger partial charge in [0.25, 0.3) is 0 Å². The van der Waals surface area contributed by atoms with Crippen LogP contribution in [0.25, 0.3) is 0 Å². The minimum atomic E-state index is -0.768. The summed E-state index contributed by atoms with van der Waals surface area (Å²) in [6.07, 6.45) is 4.08. The molecule has 2 fully saturated rings. The van der Waals surface area contributed by atoms with E-state index in [1.165, 1.54) is 11.1 Å². The Morgan fingerprint density at radius 3 is 2.21 bits per heavy atom. The standard InChI is InChI=1S/C22H33N3O3.ClH/c1-3-24(16-22(27)28)19-10-12-23(13-11-19)15-21(26)25(20-8-9-20)14-18-6-4-17(2)5-7-18;/h4-7,19-20H,3,8-16H2,1-2H3,(H,27,28);1H. The second-order valence-electron chi connectivity index (χ2n) is 8.20. The molecule has 1 saturated heterocycles. The lowest BCUT2D eigenvalue weighted by Gasteiger charge is -2.37. The highest BCUT2D eigenvalue weighted by Crippen LogP contribution is 2.29. The topological polar surface area (TPSA) is 64.1 Å². The molecule has 1 aliphatic carbocycles. The summed E-state index contributed by atoms with van der Waals surface area (Å²) in [6, 6.07) is 9.15. The number of carbonyl (C=O) groups excluding carboxylic acids is 1. The van der Waals surface area contributed by atoms with Crippen LogP contribution in [0.1, 0.15) is 43.7 Å². The quantitative estimate of drug-likeness (QED) is 0.661. The van der Waals surface area contributed by atoms with Crippen LogP contribution < -0.4 is 0 Å². The van der Waals surface area contributed by atoms with Crippen molar-refractivity contribution in [3.8, 4) is 0 Å². The molecule has 0 aromatic heterocycles. The monoisotopic (exact) mass is 423 g/mol. The molecule has 1 saturated carbocycles. The van der Waals surface area contributed by atoms with Crippen molar-refractivity contribution in [1.29, 1.82) is 0 Å². The van der Waals surface area contributed by atoms with E-state index in [1.807, 2.05) is 11.8 Å². The molecule has 29 heavy (non-hydrogen) atoms. The highest BCUT2D eigenvalue weighted by atomic mass is 35.5. The van der Waals surface area contributed by atoms with Gasteiger partial charge in [0.05, 0.1) is 13.1 Å². The molecule has 1 aromatic rings. The van der Waals surface area contributed by atoms with Gasteiger partial charge in [0.15, 0.2) is 0 Å². The summed E-state index contributed by atoms with van der Waals surface area (Å²) in [5, 5.41) is 9.07. The Kier molecular flexibility index (Phi) is 8.93. The maximum Gasteiger partial charge on any atom is 0.317 e. The Balaban J connectivity index is 0.00000300. The van der Waals surface area contributed by atoms with Crippen LogP contribution in [-0.4, -0.2) is 76.5 Å². The fourth-order valence-electron chi connectivity index (χ4n) is 4.09.